The zero-order valence-corrected chi connectivity index (χ0v) is 5.10. The standard InChI is InChI=1S/C5H5N5/c6-5-4(9-10-7)2-1-3-8-5/h1-3H,(H2,6,8). The largest absolute Gasteiger partial charge is 0.383 e. The highest BCUT2D eigenvalue weighted by Gasteiger charge is 1.91. The Morgan fingerprint density at radius 3 is 3.10 bits per heavy atom. The van der Waals surface area contributed by atoms with Crippen molar-refractivity contribution in [3.05, 3.63) is 28.8 Å². The molecule has 1 heterocycles. The summed E-state index contributed by atoms with van der Waals surface area (Å²) in [5, 5.41) is 3.30. The summed E-state index contributed by atoms with van der Waals surface area (Å²) in [6, 6.07) is 3.25. The van der Waals surface area contributed by atoms with E-state index in [1.807, 2.05) is 0 Å². The van der Waals surface area contributed by atoms with Gasteiger partial charge in [0.15, 0.2) is 0 Å². The minimum Gasteiger partial charge on any atom is -0.383 e. The molecule has 50 valence electrons. The van der Waals surface area contributed by atoms with Crippen molar-refractivity contribution in [3.8, 4) is 0 Å². The smallest absolute Gasteiger partial charge is 0.132 e. The number of anilines is 1. The molecule has 0 saturated carbocycles. The van der Waals surface area contributed by atoms with Crippen molar-refractivity contribution in [2.45, 2.75) is 0 Å². The Balaban J connectivity index is 3.14. The van der Waals surface area contributed by atoms with Crippen molar-refractivity contribution >= 4 is 11.5 Å². The summed E-state index contributed by atoms with van der Waals surface area (Å²) in [7, 11) is 0. The van der Waals surface area contributed by atoms with Crippen LogP contribution in [0.2, 0.25) is 0 Å². The van der Waals surface area contributed by atoms with Gasteiger partial charge in [0, 0.05) is 11.1 Å². The van der Waals surface area contributed by atoms with Crippen LogP contribution in [-0.4, -0.2) is 4.98 Å². The van der Waals surface area contributed by atoms with E-state index in [9.17, 15) is 0 Å². The third-order valence-corrected chi connectivity index (χ3v) is 0.969. The molecule has 5 heteroatoms. The Bertz CT molecular complexity index is 275. The van der Waals surface area contributed by atoms with Crippen LogP contribution in [0.5, 0.6) is 0 Å². The molecule has 1 rings (SSSR count). The summed E-state index contributed by atoms with van der Waals surface area (Å²) in [4.78, 5) is 6.28. The van der Waals surface area contributed by atoms with E-state index in [0.717, 1.165) is 0 Å². The van der Waals surface area contributed by atoms with Crippen LogP contribution >= 0.6 is 0 Å². The molecular weight excluding hydrogens is 130 g/mol. The zero-order valence-electron chi connectivity index (χ0n) is 5.10. The zero-order chi connectivity index (χ0) is 7.40. The summed E-state index contributed by atoms with van der Waals surface area (Å²) in [5.74, 6) is 0.250. The second-order valence-electron chi connectivity index (χ2n) is 1.60. The topological polar surface area (TPSA) is 87.7 Å². The van der Waals surface area contributed by atoms with Crippen molar-refractivity contribution in [3.63, 3.8) is 0 Å². The third-order valence-electron chi connectivity index (χ3n) is 0.969. The minimum atomic E-state index is 0.250. The molecule has 1 aromatic rings. The highest BCUT2D eigenvalue weighted by Crippen LogP contribution is 2.16. The molecule has 0 radical (unpaired) electrons. The number of azide groups is 1. The van der Waals surface area contributed by atoms with Crippen LogP contribution in [0.4, 0.5) is 11.5 Å². The Hall–Kier alpha value is -1.74. The van der Waals surface area contributed by atoms with Gasteiger partial charge >= 0.3 is 0 Å². The molecule has 0 aliphatic rings. The molecule has 0 unspecified atom stereocenters. The van der Waals surface area contributed by atoms with Gasteiger partial charge in [-0.25, -0.2) is 4.98 Å². The van der Waals surface area contributed by atoms with Crippen LogP contribution in [0.3, 0.4) is 0 Å². The van der Waals surface area contributed by atoms with Crippen LogP contribution in [0.25, 0.3) is 10.4 Å². The van der Waals surface area contributed by atoms with Crippen molar-refractivity contribution < 1.29 is 0 Å². The van der Waals surface area contributed by atoms with Gasteiger partial charge in [0.2, 0.25) is 0 Å². The quantitative estimate of drug-likeness (QED) is 0.360. The molecule has 0 fully saturated rings. The number of pyridine rings is 1. The van der Waals surface area contributed by atoms with E-state index < -0.39 is 0 Å². The van der Waals surface area contributed by atoms with Gasteiger partial charge < -0.3 is 5.73 Å². The fourth-order valence-corrected chi connectivity index (χ4v) is 0.542. The lowest BCUT2D eigenvalue weighted by Gasteiger charge is -1.92. The van der Waals surface area contributed by atoms with Gasteiger partial charge in [-0.3, -0.25) is 0 Å². The Labute approximate surface area is 57.1 Å². The summed E-state index contributed by atoms with van der Waals surface area (Å²) in [6.45, 7) is 0. The van der Waals surface area contributed by atoms with E-state index in [2.05, 4.69) is 15.0 Å². The first-order chi connectivity index (χ1) is 4.84. The Morgan fingerprint density at radius 2 is 2.50 bits per heavy atom. The van der Waals surface area contributed by atoms with Gasteiger partial charge in [0.1, 0.15) is 5.82 Å². The summed E-state index contributed by atoms with van der Waals surface area (Å²) >= 11 is 0. The monoisotopic (exact) mass is 135 g/mol. The number of rotatable bonds is 1. The van der Waals surface area contributed by atoms with E-state index in [1.54, 1.807) is 12.1 Å². The molecule has 0 aromatic carbocycles. The first-order valence-corrected chi connectivity index (χ1v) is 2.60. The van der Waals surface area contributed by atoms with E-state index in [0.29, 0.717) is 5.69 Å². The lowest BCUT2D eigenvalue weighted by Crippen LogP contribution is -1.87. The average molecular weight is 135 g/mol. The van der Waals surface area contributed by atoms with Gasteiger partial charge in [-0.2, -0.15) is 0 Å². The third kappa shape index (κ3) is 1.15. The van der Waals surface area contributed by atoms with E-state index in [4.69, 9.17) is 11.3 Å². The van der Waals surface area contributed by atoms with Crippen molar-refractivity contribution in [1.29, 1.82) is 0 Å². The first kappa shape index (κ1) is 6.38. The van der Waals surface area contributed by atoms with Gasteiger partial charge in [-0.1, -0.05) is 5.11 Å². The highest BCUT2D eigenvalue weighted by atomic mass is 15.1. The number of hydrogen-bond acceptors (Lipinski definition) is 3. The maximum atomic E-state index is 8.02. The van der Waals surface area contributed by atoms with Crippen molar-refractivity contribution in [2.75, 3.05) is 5.73 Å². The molecule has 0 bridgehead atoms. The van der Waals surface area contributed by atoms with E-state index in [1.165, 1.54) is 6.20 Å². The lowest BCUT2D eigenvalue weighted by atomic mass is 10.4. The second kappa shape index (κ2) is 2.70. The average Bonchev–Trinajstić information content (AvgIpc) is 1.94. The normalized spacial score (nSPS) is 8.40. The van der Waals surface area contributed by atoms with Crippen LogP contribution in [-0.2, 0) is 0 Å². The van der Waals surface area contributed by atoms with Crippen LogP contribution < -0.4 is 5.73 Å². The number of nitrogens with zero attached hydrogens (tertiary/aromatic N) is 4. The van der Waals surface area contributed by atoms with E-state index in [-0.39, 0.29) is 5.82 Å². The Kier molecular flexibility index (Phi) is 1.72. The fraction of sp³-hybridized carbons (Fsp3) is 0. The number of nitrogen functional groups attached to an aromatic ring is 1. The van der Waals surface area contributed by atoms with Gasteiger partial charge in [-0.15, -0.1) is 0 Å². The molecule has 2 N–H and O–H groups in total. The van der Waals surface area contributed by atoms with Crippen LogP contribution in [0, 0.1) is 0 Å². The first-order valence-electron chi connectivity index (χ1n) is 2.60. The predicted octanol–water partition coefficient (Wildman–Crippen LogP) is 1.61. The number of aromatic nitrogens is 1. The summed E-state index contributed by atoms with van der Waals surface area (Å²) < 4.78 is 0. The maximum absolute atomic E-state index is 8.02. The molecule has 0 atom stereocenters. The number of hydrogen-bond donors (Lipinski definition) is 1. The molecule has 1 aromatic heterocycles. The van der Waals surface area contributed by atoms with E-state index >= 15 is 0 Å². The number of nitrogens with two attached hydrogens (primary N) is 1. The van der Waals surface area contributed by atoms with Crippen LogP contribution in [0.1, 0.15) is 0 Å². The van der Waals surface area contributed by atoms with Crippen molar-refractivity contribution in [2.24, 2.45) is 5.11 Å². The summed E-state index contributed by atoms with van der Waals surface area (Å²) in [5.41, 5.74) is 13.7. The fourth-order valence-electron chi connectivity index (χ4n) is 0.542. The van der Waals surface area contributed by atoms with Gasteiger partial charge in [-0.05, 0) is 17.7 Å². The van der Waals surface area contributed by atoms with Gasteiger partial charge in [0.25, 0.3) is 0 Å². The molecule has 10 heavy (non-hydrogen) atoms. The molecule has 0 aliphatic carbocycles. The minimum absolute atomic E-state index is 0.250. The van der Waals surface area contributed by atoms with Crippen molar-refractivity contribution in [1.82, 2.24) is 4.98 Å². The second-order valence-corrected chi connectivity index (χ2v) is 1.60. The predicted molar refractivity (Wildman–Crippen MR) is 37.5 cm³/mol. The van der Waals surface area contributed by atoms with Gasteiger partial charge in [0.05, 0.1) is 5.69 Å². The molecule has 0 aliphatic heterocycles. The summed E-state index contributed by atoms with van der Waals surface area (Å²) in [6.07, 6.45) is 1.53. The molecule has 0 amide bonds. The molecular formula is C5H5N5. The molecule has 0 spiro atoms. The molecule has 5 nitrogen and oxygen atoms in total. The SMILES string of the molecule is [N-]=[N+]=Nc1cccnc1N. The Morgan fingerprint density at radius 1 is 1.70 bits per heavy atom. The van der Waals surface area contributed by atoms with Crippen LogP contribution in [0.15, 0.2) is 23.4 Å². The lowest BCUT2D eigenvalue weighted by molar-refractivity contribution is 1.31. The maximum Gasteiger partial charge on any atom is 0.132 e. The molecule has 0 saturated heterocycles. The highest BCUT2D eigenvalue weighted by molar-refractivity contribution is 5.55.